The predicted molar refractivity (Wildman–Crippen MR) is 178 cm³/mol. The highest BCUT2D eigenvalue weighted by atomic mass is 32.1. The standard InChI is InChI=1S/C38H20N2S2/c39-21-23-8-5-9-24(18-23)25-19-32(30-14-6-12-28-26-10-1-3-16-35(26)41-37(28)30)34(22-40)33(20-25)31-15-7-13-29-27-11-2-4-17-36(27)42-38(29)31/h1-20H. The number of fused-ring (bicyclic) bond motifs is 6. The number of hydrogen-bond donors (Lipinski definition) is 0. The molecule has 8 rings (SSSR count). The molecule has 0 saturated carbocycles. The summed E-state index contributed by atoms with van der Waals surface area (Å²) in [5.41, 5.74) is 7.11. The van der Waals surface area contributed by atoms with E-state index in [4.69, 9.17) is 0 Å². The molecular weight excluding hydrogens is 549 g/mol. The molecule has 2 aromatic heterocycles. The number of hydrogen-bond acceptors (Lipinski definition) is 4. The third-order valence-electron chi connectivity index (χ3n) is 7.96. The van der Waals surface area contributed by atoms with Gasteiger partial charge in [0.1, 0.15) is 6.07 Å². The van der Waals surface area contributed by atoms with Gasteiger partial charge < -0.3 is 0 Å². The van der Waals surface area contributed by atoms with Gasteiger partial charge in [-0.15, -0.1) is 22.7 Å². The SMILES string of the molecule is N#Cc1cccc(-c2cc(-c3cccc4c3sc3ccccc34)c(C#N)c(-c3cccc4c3sc3ccccc34)c2)c1. The van der Waals surface area contributed by atoms with Crippen molar-refractivity contribution < 1.29 is 0 Å². The van der Waals surface area contributed by atoms with E-state index in [1.54, 1.807) is 22.7 Å². The first-order valence-electron chi connectivity index (χ1n) is 13.6. The quantitative estimate of drug-likeness (QED) is 0.213. The highest BCUT2D eigenvalue weighted by molar-refractivity contribution is 7.26. The van der Waals surface area contributed by atoms with Gasteiger partial charge in [0.15, 0.2) is 0 Å². The molecule has 0 bridgehead atoms. The van der Waals surface area contributed by atoms with E-state index in [0.717, 1.165) is 33.4 Å². The number of thiophene rings is 2. The summed E-state index contributed by atoms with van der Waals surface area (Å²) >= 11 is 3.53. The second kappa shape index (κ2) is 9.68. The lowest BCUT2D eigenvalue weighted by atomic mass is 9.87. The topological polar surface area (TPSA) is 47.6 Å². The molecule has 0 unspecified atom stereocenters. The highest BCUT2D eigenvalue weighted by Gasteiger charge is 2.20. The summed E-state index contributed by atoms with van der Waals surface area (Å²) < 4.78 is 4.80. The normalized spacial score (nSPS) is 11.3. The van der Waals surface area contributed by atoms with E-state index in [-0.39, 0.29) is 0 Å². The molecule has 42 heavy (non-hydrogen) atoms. The van der Waals surface area contributed by atoms with Crippen LogP contribution in [0.1, 0.15) is 11.1 Å². The Morgan fingerprint density at radius 2 is 0.952 bits per heavy atom. The minimum Gasteiger partial charge on any atom is -0.192 e. The van der Waals surface area contributed by atoms with E-state index in [9.17, 15) is 10.5 Å². The first-order chi connectivity index (χ1) is 20.7. The lowest BCUT2D eigenvalue weighted by Crippen LogP contribution is -1.93. The molecule has 0 radical (unpaired) electrons. The van der Waals surface area contributed by atoms with E-state index in [2.05, 4.69) is 109 Å². The third-order valence-corrected chi connectivity index (χ3v) is 10.4. The Bertz CT molecular complexity index is 2310. The summed E-state index contributed by atoms with van der Waals surface area (Å²) in [4.78, 5) is 0. The van der Waals surface area contributed by atoms with Crippen LogP contribution in [0.15, 0.2) is 121 Å². The second-order valence-corrected chi connectivity index (χ2v) is 12.4. The van der Waals surface area contributed by atoms with Crippen LogP contribution in [0.5, 0.6) is 0 Å². The van der Waals surface area contributed by atoms with Crippen LogP contribution < -0.4 is 0 Å². The van der Waals surface area contributed by atoms with Crippen LogP contribution in [-0.4, -0.2) is 0 Å². The molecule has 0 amide bonds. The van der Waals surface area contributed by atoms with Crippen molar-refractivity contribution in [1.29, 1.82) is 10.5 Å². The number of rotatable bonds is 3. The van der Waals surface area contributed by atoms with Gasteiger partial charge in [-0.3, -0.25) is 0 Å². The molecule has 6 aromatic carbocycles. The Balaban J connectivity index is 1.49. The van der Waals surface area contributed by atoms with Crippen LogP contribution >= 0.6 is 22.7 Å². The molecule has 8 aromatic rings. The van der Waals surface area contributed by atoms with Gasteiger partial charge in [0.05, 0.1) is 17.2 Å². The summed E-state index contributed by atoms with van der Waals surface area (Å²) in [5, 5.41) is 25.3. The molecule has 194 valence electrons. The van der Waals surface area contributed by atoms with E-state index >= 15 is 0 Å². The molecule has 0 aliphatic carbocycles. The molecule has 0 atom stereocenters. The molecule has 0 fully saturated rings. The predicted octanol–water partition coefficient (Wildman–Crippen LogP) is 11.2. The van der Waals surface area contributed by atoms with Gasteiger partial charge in [-0.2, -0.15) is 10.5 Å². The second-order valence-electron chi connectivity index (χ2n) is 10.3. The lowest BCUT2D eigenvalue weighted by Gasteiger charge is -2.15. The third kappa shape index (κ3) is 3.75. The monoisotopic (exact) mass is 568 g/mol. The molecule has 2 nitrogen and oxygen atoms in total. The molecule has 0 saturated heterocycles. The Labute approximate surface area is 250 Å². The van der Waals surface area contributed by atoms with Crippen molar-refractivity contribution in [3.63, 3.8) is 0 Å². The summed E-state index contributed by atoms with van der Waals surface area (Å²) in [5.74, 6) is 0. The van der Waals surface area contributed by atoms with Crippen molar-refractivity contribution in [2.24, 2.45) is 0 Å². The first-order valence-corrected chi connectivity index (χ1v) is 15.3. The van der Waals surface area contributed by atoms with Gasteiger partial charge in [-0.25, -0.2) is 0 Å². The van der Waals surface area contributed by atoms with Crippen LogP contribution in [0, 0.1) is 22.7 Å². The maximum absolute atomic E-state index is 10.8. The largest absolute Gasteiger partial charge is 0.192 e. The molecule has 0 spiro atoms. The van der Waals surface area contributed by atoms with E-state index in [0.29, 0.717) is 11.1 Å². The average molecular weight is 569 g/mol. The average Bonchev–Trinajstić information content (AvgIpc) is 3.63. The minimum absolute atomic E-state index is 0.609. The van der Waals surface area contributed by atoms with Gasteiger partial charge in [0.25, 0.3) is 0 Å². The van der Waals surface area contributed by atoms with Crippen LogP contribution in [-0.2, 0) is 0 Å². The smallest absolute Gasteiger partial charge is 0.100 e. The first kappa shape index (κ1) is 24.5. The summed E-state index contributed by atoms with van der Waals surface area (Å²) in [6.07, 6.45) is 0. The maximum Gasteiger partial charge on any atom is 0.100 e. The zero-order valence-corrected chi connectivity index (χ0v) is 23.9. The van der Waals surface area contributed by atoms with Gasteiger partial charge >= 0.3 is 0 Å². The van der Waals surface area contributed by atoms with Crippen LogP contribution in [0.4, 0.5) is 0 Å². The molecule has 2 heterocycles. The van der Waals surface area contributed by atoms with E-state index < -0.39 is 0 Å². The lowest BCUT2D eigenvalue weighted by molar-refractivity contribution is 1.47. The molecule has 0 N–H and O–H groups in total. The van der Waals surface area contributed by atoms with E-state index in [1.807, 2.05) is 24.3 Å². The summed E-state index contributed by atoms with van der Waals surface area (Å²) in [6, 6.07) is 46.6. The Morgan fingerprint density at radius 3 is 1.50 bits per heavy atom. The number of benzene rings is 6. The maximum atomic E-state index is 10.8. The van der Waals surface area contributed by atoms with Gasteiger partial charge in [-0.1, -0.05) is 84.9 Å². The number of nitrogens with zero attached hydrogens (tertiary/aromatic N) is 2. The Kier molecular flexibility index (Phi) is 5.66. The van der Waals surface area contributed by atoms with Crippen molar-refractivity contribution in [1.82, 2.24) is 0 Å². The van der Waals surface area contributed by atoms with Crippen molar-refractivity contribution in [2.45, 2.75) is 0 Å². The van der Waals surface area contributed by atoms with Crippen LogP contribution in [0.3, 0.4) is 0 Å². The fourth-order valence-corrected chi connectivity index (χ4v) is 8.50. The van der Waals surface area contributed by atoms with Crippen molar-refractivity contribution in [3.05, 3.63) is 132 Å². The molecule has 0 aliphatic heterocycles. The zero-order valence-electron chi connectivity index (χ0n) is 22.3. The van der Waals surface area contributed by atoms with Crippen molar-refractivity contribution >= 4 is 63.0 Å². The van der Waals surface area contributed by atoms with Crippen molar-refractivity contribution in [2.75, 3.05) is 0 Å². The summed E-state index contributed by atoms with van der Waals surface area (Å²) in [6.45, 7) is 0. The Morgan fingerprint density at radius 1 is 0.429 bits per heavy atom. The van der Waals surface area contributed by atoms with Gasteiger partial charge in [0.2, 0.25) is 0 Å². The molecule has 4 heteroatoms. The van der Waals surface area contributed by atoms with Gasteiger partial charge in [0, 0.05) is 62.6 Å². The molecule has 0 aliphatic rings. The van der Waals surface area contributed by atoms with Crippen LogP contribution in [0.25, 0.3) is 73.7 Å². The fourth-order valence-electron chi connectivity index (χ4n) is 6.04. The van der Waals surface area contributed by atoms with Crippen LogP contribution in [0.2, 0.25) is 0 Å². The van der Waals surface area contributed by atoms with Crippen molar-refractivity contribution in [3.8, 4) is 45.5 Å². The van der Waals surface area contributed by atoms with E-state index in [1.165, 1.54) is 40.3 Å². The Hall–Kier alpha value is -5.26. The van der Waals surface area contributed by atoms with Gasteiger partial charge in [-0.05, 0) is 47.5 Å². The zero-order chi connectivity index (χ0) is 28.2. The highest BCUT2D eigenvalue weighted by Crippen LogP contribution is 2.46. The number of nitriles is 2. The fraction of sp³-hybridized carbons (Fsp3) is 0. The molecular formula is C38H20N2S2. The summed E-state index contributed by atoms with van der Waals surface area (Å²) in [7, 11) is 0. The minimum atomic E-state index is 0.609.